The zero-order chi connectivity index (χ0) is 15.4. The highest BCUT2D eigenvalue weighted by molar-refractivity contribution is 9.10. The molecule has 0 bridgehead atoms. The summed E-state index contributed by atoms with van der Waals surface area (Å²) in [6.45, 7) is 3.99. The van der Waals surface area contributed by atoms with Gasteiger partial charge in [0.1, 0.15) is 5.75 Å². The van der Waals surface area contributed by atoms with Crippen molar-refractivity contribution in [1.82, 2.24) is 0 Å². The Balaban J connectivity index is 1.92. The van der Waals surface area contributed by atoms with E-state index in [0.29, 0.717) is 16.5 Å². The minimum Gasteiger partial charge on any atom is -0.484 e. The number of amides is 1. The summed E-state index contributed by atoms with van der Waals surface area (Å²) in [6, 6.07) is 11.0. The lowest BCUT2D eigenvalue weighted by molar-refractivity contribution is -0.118. The topological polar surface area (TPSA) is 38.3 Å². The molecule has 5 heteroatoms. The van der Waals surface area contributed by atoms with Gasteiger partial charge in [0.25, 0.3) is 5.91 Å². The van der Waals surface area contributed by atoms with Gasteiger partial charge in [-0.1, -0.05) is 17.7 Å². The second-order valence-electron chi connectivity index (χ2n) is 4.71. The van der Waals surface area contributed by atoms with E-state index in [1.807, 2.05) is 32.0 Å². The maximum Gasteiger partial charge on any atom is 0.262 e. The lowest BCUT2D eigenvalue weighted by Gasteiger charge is -2.09. The second-order valence-corrected chi connectivity index (χ2v) is 5.97. The lowest BCUT2D eigenvalue weighted by Crippen LogP contribution is -2.20. The summed E-state index contributed by atoms with van der Waals surface area (Å²) in [5.74, 6) is 0.453. The molecule has 1 amide bonds. The number of hydrogen-bond acceptors (Lipinski definition) is 2. The summed E-state index contributed by atoms with van der Waals surface area (Å²) in [6.07, 6.45) is 0. The van der Waals surface area contributed by atoms with Gasteiger partial charge in [-0.05, 0) is 71.2 Å². The Hall–Kier alpha value is -1.52. The molecule has 2 aromatic rings. The molecule has 2 rings (SSSR count). The van der Waals surface area contributed by atoms with Crippen LogP contribution in [0.25, 0.3) is 0 Å². The standard InChI is InChI=1S/C16H15BrClNO2/c1-10-3-5-13(7-11(10)2)21-9-16(20)19-12-4-6-14(17)15(18)8-12/h3-8H,9H2,1-2H3,(H,19,20). The summed E-state index contributed by atoms with van der Waals surface area (Å²) in [4.78, 5) is 11.8. The van der Waals surface area contributed by atoms with Gasteiger partial charge in [-0.3, -0.25) is 4.79 Å². The van der Waals surface area contributed by atoms with Crippen molar-refractivity contribution in [2.45, 2.75) is 13.8 Å². The molecule has 0 aliphatic rings. The molecule has 0 saturated carbocycles. The number of aryl methyl sites for hydroxylation is 2. The normalized spacial score (nSPS) is 10.3. The van der Waals surface area contributed by atoms with E-state index >= 15 is 0 Å². The Morgan fingerprint density at radius 1 is 1.19 bits per heavy atom. The molecule has 0 atom stereocenters. The van der Waals surface area contributed by atoms with Crippen molar-refractivity contribution in [2.24, 2.45) is 0 Å². The average molecular weight is 369 g/mol. The molecule has 0 aromatic heterocycles. The third-order valence-electron chi connectivity index (χ3n) is 3.05. The maximum absolute atomic E-state index is 11.8. The van der Waals surface area contributed by atoms with Gasteiger partial charge in [0.15, 0.2) is 6.61 Å². The van der Waals surface area contributed by atoms with E-state index in [1.165, 1.54) is 5.56 Å². The molecule has 21 heavy (non-hydrogen) atoms. The third kappa shape index (κ3) is 4.48. The first kappa shape index (κ1) is 15.9. The van der Waals surface area contributed by atoms with Crippen LogP contribution in [0.1, 0.15) is 11.1 Å². The molecular formula is C16H15BrClNO2. The van der Waals surface area contributed by atoms with Crippen LogP contribution in [0.15, 0.2) is 40.9 Å². The minimum absolute atomic E-state index is 0.0455. The van der Waals surface area contributed by atoms with E-state index in [2.05, 4.69) is 21.2 Å². The average Bonchev–Trinajstić information content (AvgIpc) is 2.44. The van der Waals surface area contributed by atoms with Crippen LogP contribution in [0.2, 0.25) is 5.02 Å². The van der Waals surface area contributed by atoms with Gasteiger partial charge in [0, 0.05) is 10.2 Å². The number of carbonyl (C=O) groups excluding carboxylic acids is 1. The smallest absolute Gasteiger partial charge is 0.262 e. The van der Waals surface area contributed by atoms with Crippen LogP contribution < -0.4 is 10.1 Å². The van der Waals surface area contributed by atoms with Gasteiger partial charge in [-0.25, -0.2) is 0 Å². The highest BCUT2D eigenvalue weighted by Gasteiger charge is 2.06. The molecule has 0 radical (unpaired) electrons. The van der Waals surface area contributed by atoms with E-state index < -0.39 is 0 Å². The van der Waals surface area contributed by atoms with Gasteiger partial charge in [0.05, 0.1) is 5.02 Å². The maximum atomic E-state index is 11.8. The number of rotatable bonds is 4. The Morgan fingerprint density at radius 3 is 2.62 bits per heavy atom. The third-order valence-corrected chi connectivity index (χ3v) is 4.28. The Morgan fingerprint density at radius 2 is 1.95 bits per heavy atom. The highest BCUT2D eigenvalue weighted by atomic mass is 79.9. The number of ether oxygens (including phenoxy) is 1. The first-order chi connectivity index (χ1) is 9.95. The second kappa shape index (κ2) is 6.96. The molecule has 0 aliphatic carbocycles. The van der Waals surface area contributed by atoms with Crippen LogP contribution in [-0.4, -0.2) is 12.5 Å². The van der Waals surface area contributed by atoms with Crippen LogP contribution >= 0.6 is 27.5 Å². The molecule has 2 aromatic carbocycles. The van der Waals surface area contributed by atoms with Crippen molar-refractivity contribution in [2.75, 3.05) is 11.9 Å². The number of anilines is 1. The number of carbonyl (C=O) groups is 1. The quantitative estimate of drug-likeness (QED) is 0.846. The zero-order valence-corrected chi connectivity index (χ0v) is 14.1. The molecule has 0 heterocycles. The van der Waals surface area contributed by atoms with Crippen LogP contribution in [-0.2, 0) is 4.79 Å². The fraction of sp³-hybridized carbons (Fsp3) is 0.188. The molecule has 0 spiro atoms. The van der Waals surface area contributed by atoms with Crippen LogP contribution in [0.4, 0.5) is 5.69 Å². The Bertz CT molecular complexity index is 673. The Labute approximate surface area is 137 Å². The molecule has 3 nitrogen and oxygen atoms in total. The van der Waals surface area contributed by atoms with Gasteiger partial charge < -0.3 is 10.1 Å². The van der Waals surface area contributed by atoms with E-state index in [9.17, 15) is 4.79 Å². The number of hydrogen-bond donors (Lipinski definition) is 1. The number of halogens is 2. The van der Waals surface area contributed by atoms with Crippen molar-refractivity contribution in [3.63, 3.8) is 0 Å². The summed E-state index contributed by atoms with van der Waals surface area (Å²) in [7, 11) is 0. The summed E-state index contributed by atoms with van der Waals surface area (Å²) < 4.78 is 6.26. The highest BCUT2D eigenvalue weighted by Crippen LogP contribution is 2.25. The molecule has 0 aliphatic heterocycles. The molecule has 110 valence electrons. The lowest BCUT2D eigenvalue weighted by atomic mass is 10.1. The van der Waals surface area contributed by atoms with Crippen LogP contribution in [0.5, 0.6) is 5.75 Å². The summed E-state index contributed by atoms with van der Waals surface area (Å²) >= 11 is 9.27. The Kier molecular flexibility index (Phi) is 5.26. The first-order valence-electron chi connectivity index (χ1n) is 6.40. The SMILES string of the molecule is Cc1ccc(OCC(=O)Nc2ccc(Br)c(Cl)c2)cc1C. The van der Waals surface area contributed by atoms with E-state index in [4.69, 9.17) is 16.3 Å². The molecular weight excluding hydrogens is 354 g/mol. The molecule has 0 unspecified atom stereocenters. The van der Waals surface area contributed by atoms with Crippen molar-refractivity contribution in [3.8, 4) is 5.75 Å². The van der Waals surface area contributed by atoms with E-state index in [1.54, 1.807) is 18.2 Å². The van der Waals surface area contributed by atoms with Crippen LogP contribution in [0.3, 0.4) is 0 Å². The predicted octanol–water partition coefficient (Wildman–Crippen LogP) is 4.74. The van der Waals surface area contributed by atoms with Crippen LogP contribution in [0, 0.1) is 13.8 Å². The minimum atomic E-state index is -0.230. The number of nitrogens with one attached hydrogen (secondary N) is 1. The largest absolute Gasteiger partial charge is 0.484 e. The van der Waals surface area contributed by atoms with Gasteiger partial charge in [-0.15, -0.1) is 0 Å². The van der Waals surface area contributed by atoms with E-state index in [-0.39, 0.29) is 12.5 Å². The molecule has 1 N–H and O–H groups in total. The molecule has 0 fully saturated rings. The van der Waals surface area contributed by atoms with Crippen molar-refractivity contribution >= 4 is 39.1 Å². The first-order valence-corrected chi connectivity index (χ1v) is 7.58. The summed E-state index contributed by atoms with van der Waals surface area (Å²) in [5, 5.41) is 3.28. The molecule has 0 saturated heterocycles. The fourth-order valence-corrected chi connectivity index (χ4v) is 2.15. The number of benzene rings is 2. The summed E-state index contributed by atoms with van der Waals surface area (Å²) in [5.41, 5.74) is 2.96. The zero-order valence-electron chi connectivity index (χ0n) is 11.7. The fourth-order valence-electron chi connectivity index (χ4n) is 1.72. The van der Waals surface area contributed by atoms with Gasteiger partial charge in [-0.2, -0.15) is 0 Å². The van der Waals surface area contributed by atoms with Gasteiger partial charge in [0.2, 0.25) is 0 Å². The van der Waals surface area contributed by atoms with Crippen molar-refractivity contribution in [3.05, 3.63) is 57.0 Å². The van der Waals surface area contributed by atoms with Crippen molar-refractivity contribution < 1.29 is 9.53 Å². The monoisotopic (exact) mass is 367 g/mol. The van der Waals surface area contributed by atoms with Gasteiger partial charge >= 0.3 is 0 Å². The van der Waals surface area contributed by atoms with E-state index in [0.717, 1.165) is 10.0 Å². The predicted molar refractivity (Wildman–Crippen MR) is 89.2 cm³/mol. The van der Waals surface area contributed by atoms with Crippen molar-refractivity contribution in [1.29, 1.82) is 0 Å².